The molecule has 1 amide bonds. The Morgan fingerprint density at radius 3 is 2.67 bits per heavy atom. The number of hydrogen-bond donors (Lipinski definition) is 3. The van der Waals surface area contributed by atoms with Crippen LogP contribution in [0.2, 0.25) is 0 Å². The van der Waals surface area contributed by atoms with E-state index in [0.717, 1.165) is 33.5 Å². The first-order chi connectivity index (χ1) is 18.8. The first-order valence-corrected chi connectivity index (χ1v) is 12.4. The summed E-state index contributed by atoms with van der Waals surface area (Å²) in [7, 11) is 1.64. The van der Waals surface area contributed by atoms with E-state index >= 15 is 0 Å². The summed E-state index contributed by atoms with van der Waals surface area (Å²) in [4.78, 5) is 34.3. The van der Waals surface area contributed by atoms with Gasteiger partial charge in [0.25, 0.3) is 0 Å². The van der Waals surface area contributed by atoms with Crippen LogP contribution in [0.25, 0.3) is 56.1 Å². The van der Waals surface area contributed by atoms with Gasteiger partial charge in [0, 0.05) is 28.9 Å². The molecule has 0 atom stereocenters. The monoisotopic (exact) mass is 518 g/mol. The fraction of sp³-hybridized carbons (Fsp3) is 0.172. The van der Waals surface area contributed by atoms with Crippen molar-refractivity contribution in [3.63, 3.8) is 0 Å². The van der Waals surface area contributed by atoms with E-state index in [1.807, 2.05) is 69.3 Å². The Hall–Kier alpha value is -5.12. The Balaban J connectivity index is 1.40. The highest BCUT2D eigenvalue weighted by molar-refractivity contribution is 5.96. The summed E-state index contributed by atoms with van der Waals surface area (Å²) in [6.07, 6.45) is 5.08. The van der Waals surface area contributed by atoms with Crippen LogP contribution in [0.3, 0.4) is 0 Å². The number of ether oxygens (including phenoxy) is 1. The number of pyridine rings is 3. The second kappa shape index (κ2) is 9.32. The highest BCUT2D eigenvalue weighted by Gasteiger charge is 2.22. The summed E-state index contributed by atoms with van der Waals surface area (Å²) in [6.45, 7) is 5.59. The normalized spacial score (nSPS) is 11.7. The summed E-state index contributed by atoms with van der Waals surface area (Å²) in [5.74, 6) is 1.22. The van der Waals surface area contributed by atoms with Crippen LogP contribution in [0.5, 0.6) is 5.75 Å². The zero-order valence-corrected chi connectivity index (χ0v) is 21.9. The van der Waals surface area contributed by atoms with Crippen LogP contribution in [-0.2, 0) is 4.79 Å². The van der Waals surface area contributed by atoms with Gasteiger partial charge in [0.05, 0.1) is 30.2 Å². The Kier molecular flexibility index (Phi) is 5.79. The van der Waals surface area contributed by atoms with Gasteiger partial charge in [-0.05, 0) is 42.0 Å². The van der Waals surface area contributed by atoms with Gasteiger partial charge < -0.3 is 15.0 Å². The molecular formula is C29H26N8O2. The van der Waals surface area contributed by atoms with Gasteiger partial charge in [-0.2, -0.15) is 5.10 Å². The number of aromatic amines is 2. The van der Waals surface area contributed by atoms with Crippen LogP contribution in [0.4, 0.5) is 5.69 Å². The average molecular weight is 519 g/mol. The molecular weight excluding hydrogens is 492 g/mol. The number of nitrogens with one attached hydrogen (secondary N) is 3. The fourth-order valence-corrected chi connectivity index (χ4v) is 4.24. The maximum atomic E-state index is 12.5. The van der Waals surface area contributed by atoms with Gasteiger partial charge in [-0.1, -0.05) is 32.9 Å². The fourth-order valence-electron chi connectivity index (χ4n) is 4.24. The van der Waals surface area contributed by atoms with Crippen LogP contribution in [0, 0.1) is 5.41 Å². The number of methoxy groups -OCH3 is 1. The number of carbonyl (C=O) groups excluding carboxylic acids is 1. The number of hydrogen-bond acceptors (Lipinski definition) is 7. The summed E-state index contributed by atoms with van der Waals surface area (Å²) in [5, 5.41) is 10.5. The Morgan fingerprint density at radius 2 is 1.85 bits per heavy atom. The van der Waals surface area contributed by atoms with Gasteiger partial charge in [-0.3, -0.25) is 14.9 Å². The van der Waals surface area contributed by atoms with E-state index in [-0.39, 0.29) is 5.91 Å². The molecule has 0 saturated heterocycles. The number of H-pyrrole nitrogens is 2. The molecule has 0 saturated carbocycles. The SMILES string of the molecule is COc1cccc(-c2ccnc3[nH]c(-c4n[nH]c5ccc(-c6cncc(NC(=O)C(C)(C)C)c6)nc45)nc23)c1. The number of aromatic nitrogens is 7. The third-order valence-electron chi connectivity index (χ3n) is 6.37. The van der Waals surface area contributed by atoms with Gasteiger partial charge in [0.15, 0.2) is 17.2 Å². The quantitative estimate of drug-likeness (QED) is 0.270. The van der Waals surface area contributed by atoms with E-state index in [1.54, 1.807) is 25.7 Å². The predicted molar refractivity (Wildman–Crippen MR) is 150 cm³/mol. The molecule has 194 valence electrons. The zero-order chi connectivity index (χ0) is 27.1. The van der Waals surface area contributed by atoms with Crippen molar-refractivity contribution in [3.05, 3.63) is 67.1 Å². The maximum absolute atomic E-state index is 12.5. The van der Waals surface area contributed by atoms with Crippen molar-refractivity contribution in [3.8, 4) is 39.7 Å². The Morgan fingerprint density at radius 1 is 0.974 bits per heavy atom. The number of rotatable bonds is 5. The van der Waals surface area contributed by atoms with Crippen molar-refractivity contribution >= 4 is 33.8 Å². The molecule has 0 aliphatic heterocycles. The smallest absolute Gasteiger partial charge is 0.229 e. The molecule has 5 aromatic heterocycles. The average Bonchev–Trinajstić information content (AvgIpc) is 3.56. The summed E-state index contributed by atoms with van der Waals surface area (Å²) in [6, 6.07) is 15.4. The van der Waals surface area contributed by atoms with Crippen LogP contribution >= 0.6 is 0 Å². The summed E-state index contributed by atoms with van der Waals surface area (Å²) in [5.41, 5.74) is 6.79. The molecule has 3 N–H and O–H groups in total. The molecule has 6 aromatic rings. The van der Waals surface area contributed by atoms with E-state index in [1.165, 1.54) is 0 Å². The molecule has 0 radical (unpaired) electrons. The minimum Gasteiger partial charge on any atom is -0.497 e. The highest BCUT2D eigenvalue weighted by Crippen LogP contribution is 2.32. The molecule has 5 heterocycles. The van der Waals surface area contributed by atoms with Crippen molar-refractivity contribution in [2.24, 2.45) is 5.41 Å². The number of carbonyl (C=O) groups is 1. The number of fused-ring (bicyclic) bond motifs is 2. The van der Waals surface area contributed by atoms with Crippen LogP contribution in [0.1, 0.15) is 20.8 Å². The minimum atomic E-state index is -0.521. The maximum Gasteiger partial charge on any atom is 0.229 e. The van der Waals surface area contributed by atoms with Crippen molar-refractivity contribution in [1.29, 1.82) is 0 Å². The van der Waals surface area contributed by atoms with Gasteiger partial charge in [0.2, 0.25) is 5.91 Å². The minimum absolute atomic E-state index is 0.0891. The Bertz CT molecular complexity index is 1850. The Labute approximate surface area is 223 Å². The molecule has 0 aliphatic carbocycles. The predicted octanol–water partition coefficient (Wildman–Crippen LogP) is 5.62. The van der Waals surface area contributed by atoms with E-state index in [4.69, 9.17) is 14.7 Å². The topological polar surface area (TPSA) is 134 Å². The van der Waals surface area contributed by atoms with Gasteiger partial charge >= 0.3 is 0 Å². The molecule has 10 heteroatoms. The highest BCUT2D eigenvalue weighted by atomic mass is 16.5. The van der Waals surface area contributed by atoms with E-state index < -0.39 is 5.41 Å². The van der Waals surface area contributed by atoms with E-state index in [0.29, 0.717) is 34.1 Å². The summed E-state index contributed by atoms with van der Waals surface area (Å²) >= 11 is 0. The largest absolute Gasteiger partial charge is 0.497 e. The molecule has 0 fully saturated rings. The molecule has 10 nitrogen and oxygen atoms in total. The lowest BCUT2D eigenvalue weighted by molar-refractivity contribution is -0.123. The van der Waals surface area contributed by atoms with Crippen LogP contribution < -0.4 is 10.1 Å². The van der Waals surface area contributed by atoms with Crippen molar-refractivity contribution < 1.29 is 9.53 Å². The van der Waals surface area contributed by atoms with Crippen molar-refractivity contribution in [2.75, 3.05) is 12.4 Å². The number of nitrogens with zero attached hydrogens (tertiary/aromatic N) is 5. The van der Waals surface area contributed by atoms with Gasteiger partial charge in [-0.15, -0.1) is 0 Å². The zero-order valence-electron chi connectivity index (χ0n) is 21.9. The standard InChI is InChI=1S/C29H26N8O2/c1-29(2,3)28(38)32-18-12-17(14-30-15-18)21-8-9-22-24(33-21)25(37-36-22)27-34-23-20(10-11-31-26(23)35-27)16-6-5-7-19(13-16)39-4/h5-15H,1-4H3,(H,32,38)(H,36,37)(H,31,34,35). The molecule has 0 unspecified atom stereocenters. The molecule has 0 spiro atoms. The molecule has 0 aliphatic rings. The number of anilines is 1. The van der Waals surface area contributed by atoms with Crippen molar-refractivity contribution in [2.45, 2.75) is 20.8 Å². The van der Waals surface area contributed by atoms with E-state index in [2.05, 4.69) is 30.5 Å². The lowest BCUT2D eigenvalue weighted by atomic mass is 9.95. The number of amides is 1. The lowest BCUT2D eigenvalue weighted by Crippen LogP contribution is -2.27. The number of imidazole rings is 1. The molecule has 39 heavy (non-hydrogen) atoms. The third-order valence-corrected chi connectivity index (χ3v) is 6.37. The van der Waals surface area contributed by atoms with Crippen molar-refractivity contribution in [1.82, 2.24) is 35.1 Å². The van der Waals surface area contributed by atoms with Crippen LogP contribution in [0.15, 0.2) is 67.1 Å². The first kappa shape index (κ1) is 24.2. The van der Waals surface area contributed by atoms with E-state index in [9.17, 15) is 4.79 Å². The lowest BCUT2D eigenvalue weighted by Gasteiger charge is -2.17. The third kappa shape index (κ3) is 4.56. The first-order valence-electron chi connectivity index (χ1n) is 12.4. The number of benzene rings is 1. The second-order valence-electron chi connectivity index (χ2n) is 10.2. The molecule has 1 aromatic carbocycles. The second-order valence-corrected chi connectivity index (χ2v) is 10.2. The molecule has 6 rings (SSSR count). The van der Waals surface area contributed by atoms with Gasteiger partial charge in [0.1, 0.15) is 16.8 Å². The van der Waals surface area contributed by atoms with Gasteiger partial charge in [-0.25, -0.2) is 15.0 Å². The van der Waals surface area contributed by atoms with Crippen LogP contribution in [-0.4, -0.2) is 48.1 Å². The summed E-state index contributed by atoms with van der Waals surface area (Å²) < 4.78 is 5.40. The molecule has 0 bridgehead atoms.